The summed E-state index contributed by atoms with van der Waals surface area (Å²) in [6.45, 7) is 2.31. The van der Waals surface area contributed by atoms with E-state index < -0.39 is 0 Å². The van der Waals surface area contributed by atoms with Crippen molar-refractivity contribution in [3.63, 3.8) is 0 Å². The number of benzene rings is 1. The molecule has 4 heteroatoms. The second-order valence-electron chi connectivity index (χ2n) is 4.44. The molecule has 4 nitrogen and oxygen atoms in total. The second-order valence-corrected chi connectivity index (χ2v) is 4.44. The van der Waals surface area contributed by atoms with E-state index in [1.54, 1.807) is 7.05 Å². The van der Waals surface area contributed by atoms with E-state index in [0.29, 0.717) is 13.0 Å². The van der Waals surface area contributed by atoms with Gasteiger partial charge in [-0.05, 0) is 11.1 Å². The van der Waals surface area contributed by atoms with E-state index in [0.717, 1.165) is 13.1 Å². The third kappa shape index (κ3) is 2.65. The number of carbonyl (C=O) groups is 1. The average Bonchev–Trinajstić information content (AvgIpc) is 2.78. The maximum Gasteiger partial charge on any atom is 0.221 e. The first kappa shape index (κ1) is 12.1. The van der Waals surface area contributed by atoms with Crippen LogP contribution in [0, 0.1) is 0 Å². The number of carbonyl (C=O) groups excluding carboxylic acids is 1. The van der Waals surface area contributed by atoms with Gasteiger partial charge in [-0.3, -0.25) is 9.69 Å². The number of nitrogens with one attached hydrogen (secondary N) is 1. The second kappa shape index (κ2) is 5.29. The molecule has 1 atom stereocenters. The van der Waals surface area contributed by atoms with Crippen molar-refractivity contribution in [3.05, 3.63) is 35.4 Å². The highest BCUT2D eigenvalue weighted by Gasteiger charge is 2.25. The van der Waals surface area contributed by atoms with Crippen molar-refractivity contribution in [3.8, 4) is 0 Å². The molecule has 3 N–H and O–H groups in total. The molecule has 0 bridgehead atoms. The monoisotopic (exact) mass is 233 g/mol. The Hall–Kier alpha value is -1.39. The van der Waals surface area contributed by atoms with Crippen LogP contribution in [0.1, 0.15) is 17.5 Å². The summed E-state index contributed by atoms with van der Waals surface area (Å²) in [5.41, 5.74) is 8.47. The molecular weight excluding hydrogens is 214 g/mol. The Balaban J connectivity index is 2.02. The lowest BCUT2D eigenvalue weighted by atomic mass is 10.1. The smallest absolute Gasteiger partial charge is 0.221 e. The molecule has 1 unspecified atom stereocenters. The third-order valence-electron chi connectivity index (χ3n) is 3.35. The maximum absolute atomic E-state index is 11.4. The van der Waals surface area contributed by atoms with Crippen LogP contribution in [0.3, 0.4) is 0 Å². The Labute approximate surface area is 102 Å². The van der Waals surface area contributed by atoms with Crippen LogP contribution in [-0.4, -0.2) is 30.4 Å². The minimum atomic E-state index is 0.0522. The van der Waals surface area contributed by atoms with Gasteiger partial charge in [0.2, 0.25) is 5.91 Å². The number of rotatable bonds is 4. The molecule has 2 rings (SSSR count). The highest BCUT2D eigenvalue weighted by Crippen LogP contribution is 2.24. The molecule has 0 radical (unpaired) electrons. The predicted octanol–water partition coefficient (Wildman–Crippen LogP) is 0.466. The molecule has 1 aromatic rings. The van der Waals surface area contributed by atoms with Crippen LogP contribution < -0.4 is 11.1 Å². The van der Waals surface area contributed by atoms with Gasteiger partial charge in [0.1, 0.15) is 0 Å². The van der Waals surface area contributed by atoms with Gasteiger partial charge in [-0.25, -0.2) is 0 Å². The lowest BCUT2D eigenvalue weighted by molar-refractivity contribution is -0.121. The van der Waals surface area contributed by atoms with Crippen molar-refractivity contribution >= 4 is 5.91 Å². The van der Waals surface area contributed by atoms with Crippen molar-refractivity contribution in [1.29, 1.82) is 0 Å². The first-order chi connectivity index (χ1) is 8.24. The zero-order chi connectivity index (χ0) is 12.3. The molecular formula is C13H19N3O. The summed E-state index contributed by atoms with van der Waals surface area (Å²) >= 11 is 0. The minimum absolute atomic E-state index is 0.0522. The molecule has 0 saturated heterocycles. The number of fused-ring (bicyclic) bond motifs is 1. The highest BCUT2D eigenvalue weighted by atomic mass is 16.1. The van der Waals surface area contributed by atoms with Gasteiger partial charge < -0.3 is 11.1 Å². The fraction of sp³-hybridized carbons (Fsp3) is 0.462. The molecule has 92 valence electrons. The summed E-state index contributed by atoms with van der Waals surface area (Å²) < 4.78 is 0. The summed E-state index contributed by atoms with van der Waals surface area (Å²) in [5.74, 6) is 0.0522. The summed E-state index contributed by atoms with van der Waals surface area (Å²) in [6.07, 6.45) is 0.473. The molecule has 1 aliphatic rings. The third-order valence-corrected chi connectivity index (χ3v) is 3.35. The van der Waals surface area contributed by atoms with Gasteiger partial charge in [0.15, 0.2) is 0 Å². The van der Waals surface area contributed by atoms with Gasteiger partial charge in [-0.2, -0.15) is 0 Å². The van der Waals surface area contributed by atoms with Gasteiger partial charge in [0, 0.05) is 39.1 Å². The van der Waals surface area contributed by atoms with Crippen LogP contribution in [-0.2, 0) is 17.9 Å². The first-order valence-electron chi connectivity index (χ1n) is 5.96. The van der Waals surface area contributed by atoms with E-state index >= 15 is 0 Å². The van der Waals surface area contributed by atoms with Crippen molar-refractivity contribution in [1.82, 2.24) is 10.2 Å². The molecule has 17 heavy (non-hydrogen) atoms. The van der Waals surface area contributed by atoms with Gasteiger partial charge >= 0.3 is 0 Å². The van der Waals surface area contributed by atoms with E-state index in [2.05, 4.69) is 34.5 Å². The fourth-order valence-electron chi connectivity index (χ4n) is 2.30. The fourth-order valence-corrected chi connectivity index (χ4v) is 2.30. The summed E-state index contributed by atoms with van der Waals surface area (Å²) in [4.78, 5) is 13.7. The van der Waals surface area contributed by atoms with Gasteiger partial charge in [-0.15, -0.1) is 0 Å². The average molecular weight is 233 g/mol. The largest absolute Gasteiger partial charge is 0.359 e. The minimum Gasteiger partial charge on any atom is -0.359 e. The molecule has 1 heterocycles. The Kier molecular flexibility index (Phi) is 3.76. The molecule has 1 aromatic carbocycles. The lowest BCUT2D eigenvalue weighted by Crippen LogP contribution is -2.40. The molecule has 1 amide bonds. The number of hydrogen-bond acceptors (Lipinski definition) is 3. The van der Waals surface area contributed by atoms with Crippen molar-refractivity contribution in [2.24, 2.45) is 5.73 Å². The van der Waals surface area contributed by atoms with Gasteiger partial charge in [0.05, 0.1) is 0 Å². The van der Waals surface area contributed by atoms with E-state index in [1.165, 1.54) is 11.1 Å². The van der Waals surface area contributed by atoms with E-state index in [1.807, 2.05) is 0 Å². The SMILES string of the molecule is CNC(=O)CC(CN)N1Cc2ccccc2C1. The number of nitrogens with zero attached hydrogens (tertiary/aromatic N) is 1. The Bertz CT molecular complexity index is 380. The maximum atomic E-state index is 11.4. The summed E-state index contributed by atoms with van der Waals surface area (Å²) in [7, 11) is 1.66. The standard InChI is InChI=1S/C13H19N3O/c1-15-13(17)6-12(7-14)16-8-10-4-2-3-5-11(10)9-16/h2-5,12H,6-9,14H2,1H3,(H,15,17). The van der Waals surface area contributed by atoms with Crippen LogP contribution >= 0.6 is 0 Å². The zero-order valence-corrected chi connectivity index (χ0v) is 10.1. The molecule has 0 saturated carbocycles. The van der Waals surface area contributed by atoms with Gasteiger partial charge in [0.25, 0.3) is 0 Å². The lowest BCUT2D eigenvalue weighted by Gasteiger charge is -2.25. The van der Waals surface area contributed by atoms with E-state index in [4.69, 9.17) is 5.73 Å². The topological polar surface area (TPSA) is 58.4 Å². The van der Waals surface area contributed by atoms with Crippen LogP contribution in [0.15, 0.2) is 24.3 Å². The molecule has 0 aliphatic carbocycles. The number of nitrogens with two attached hydrogens (primary N) is 1. The Morgan fingerprint density at radius 3 is 2.47 bits per heavy atom. The molecule has 1 aliphatic heterocycles. The van der Waals surface area contributed by atoms with Crippen molar-refractivity contribution < 1.29 is 4.79 Å². The first-order valence-corrected chi connectivity index (χ1v) is 5.96. The van der Waals surface area contributed by atoms with Crippen molar-refractivity contribution in [2.45, 2.75) is 25.6 Å². The summed E-state index contributed by atoms with van der Waals surface area (Å²) in [6, 6.07) is 8.52. The van der Waals surface area contributed by atoms with Gasteiger partial charge in [-0.1, -0.05) is 24.3 Å². The molecule has 0 spiro atoms. The van der Waals surface area contributed by atoms with Crippen LogP contribution in [0.25, 0.3) is 0 Å². The quantitative estimate of drug-likeness (QED) is 0.794. The van der Waals surface area contributed by atoms with Crippen molar-refractivity contribution in [2.75, 3.05) is 13.6 Å². The molecule has 0 aromatic heterocycles. The van der Waals surface area contributed by atoms with Crippen LogP contribution in [0.5, 0.6) is 0 Å². The normalized spacial score (nSPS) is 16.6. The van der Waals surface area contributed by atoms with Crippen LogP contribution in [0.2, 0.25) is 0 Å². The zero-order valence-electron chi connectivity index (χ0n) is 10.1. The van der Waals surface area contributed by atoms with Crippen LogP contribution in [0.4, 0.5) is 0 Å². The summed E-state index contributed by atoms with van der Waals surface area (Å²) in [5, 5.41) is 2.65. The van der Waals surface area contributed by atoms with E-state index in [-0.39, 0.29) is 11.9 Å². The highest BCUT2D eigenvalue weighted by molar-refractivity contribution is 5.76. The Morgan fingerprint density at radius 2 is 2.00 bits per heavy atom. The van der Waals surface area contributed by atoms with E-state index in [9.17, 15) is 4.79 Å². The number of amides is 1. The predicted molar refractivity (Wildman–Crippen MR) is 67.2 cm³/mol. The Morgan fingerprint density at radius 1 is 1.41 bits per heavy atom. The molecule has 0 fully saturated rings. The number of hydrogen-bond donors (Lipinski definition) is 2.